The van der Waals surface area contributed by atoms with Gasteiger partial charge in [0, 0.05) is 5.41 Å². The molecule has 1 aliphatic rings. The largest absolute Gasteiger partial charge is 2.00 e. The van der Waals surface area contributed by atoms with Crippen molar-refractivity contribution in [2.75, 3.05) is 6.61 Å². The van der Waals surface area contributed by atoms with E-state index in [9.17, 15) is 5.11 Å². The Balaban J connectivity index is -0.000000480. The average molecular weight is 285 g/mol. The first-order chi connectivity index (χ1) is 5.45. The van der Waals surface area contributed by atoms with Crippen LogP contribution in [0.1, 0.15) is 34.6 Å². The van der Waals surface area contributed by atoms with Gasteiger partial charge in [-0.25, -0.2) is 0 Å². The third-order valence-corrected chi connectivity index (χ3v) is 3.66. The van der Waals surface area contributed by atoms with Crippen molar-refractivity contribution in [3.8, 4) is 0 Å². The van der Waals surface area contributed by atoms with Gasteiger partial charge in [-0.15, -0.1) is 0 Å². The Bertz CT molecular complexity index is 258. The SMILES string of the molecule is CC1=C(C)C(C)(CO)C(C)=C1C.[Cl-].[Cl-].[Ti+2]. The number of hydrogen-bond acceptors (Lipinski definition) is 1. The molecule has 15 heavy (non-hydrogen) atoms. The Morgan fingerprint density at radius 2 is 1.20 bits per heavy atom. The molecular formula is C11H18Cl2OTi. The van der Waals surface area contributed by atoms with Gasteiger partial charge in [0.05, 0.1) is 6.61 Å². The normalized spacial score (nSPS) is 18.0. The second kappa shape index (κ2) is 7.14. The Kier molecular flexibility index (Phi) is 10.0. The van der Waals surface area contributed by atoms with Crippen molar-refractivity contribution in [3.63, 3.8) is 0 Å². The first kappa shape index (κ1) is 21.1. The van der Waals surface area contributed by atoms with Crippen molar-refractivity contribution in [3.05, 3.63) is 22.3 Å². The molecule has 1 aliphatic carbocycles. The third-order valence-electron chi connectivity index (χ3n) is 3.66. The van der Waals surface area contributed by atoms with Crippen LogP contribution in [0, 0.1) is 5.41 Å². The summed E-state index contributed by atoms with van der Waals surface area (Å²) in [7, 11) is 0. The van der Waals surface area contributed by atoms with Crippen LogP contribution in [0.5, 0.6) is 0 Å². The van der Waals surface area contributed by atoms with Gasteiger partial charge in [-0.05, 0) is 45.8 Å². The van der Waals surface area contributed by atoms with Crippen LogP contribution in [0.25, 0.3) is 0 Å². The topological polar surface area (TPSA) is 20.2 Å². The Hall–Kier alpha value is 0.734. The molecule has 0 unspecified atom stereocenters. The van der Waals surface area contributed by atoms with E-state index in [1.165, 1.54) is 22.3 Å². The van der Waals surface area contributed by atoms with Crippen LogP contribution < -0.4 is 24.8 Å². The average Bonchev–Trinajstić information content (AvgIpc) is 2.22. The predicted molar refractivity (Wildman–Crippen MR) is 51.9 cm³/mol. The van der Waals surface area contributed by atoms with E-state index >= 15 is 0 Å². The van der Waals surface area contributed by atoms with Crippen LogP contribution in [-0.2, 0) is 21.7 Å². The Morgan fingerprint density at radius 1 is 0.933 bits per heavy atom. The molecular weight excluding hydrogens is 267 g/mol. The Labute approximate surface area is 120 Å². The molecule has 0 radical (unpaired) electrons. The molecule has 4 heteroatoms. The summed E-state index contributed by atoms with van der Waals surface area (Å²) in [6.45, 7) is 10.8. The van der Waals surface area contributed by atoms with Crippen LogP contribution in [-0.4, -0.2) is 11.7 Å². The van der Waals surface area contributed by atoms with Crippen LogP contribution in [0.15, 0.2) is 22.3 Å². The zero-order chi connectivity index (χ0) is 9.52. The van der Waals surface area contributed by atoms with Crippen molar-refractivity contribution in [1.82, 2.24) is 0 Å². The smallest absolute Gasteiger partial charge is 1.00 e. The minimum absolute atomic E-state index is 0. The maximum absolute atomic E-state index is 9.33. The summed E-state index contributed by atoms with van der Waals surface area (Å²) in [6.07, 6.45) is 0. The molecule has 0 aromatic rings. The minimum Gasteiger partial charge on any atom is -1.00 e. The molecule has 0 fully saturated rings. The second-order valence-electron chi connectivity index (χ2n) is 3.99. The second-order valence-corrected chi connectivity index (χ2v) is 3.99. The fourth-order valence-electron chi connectivity index (χ4n) is 1.91. The number of allylic oxidation sites excluding steroid dienone is 2. The quantitative estimate of drug-likeness (QED) is 0.500. The van der Waals surface area contributed by atoms with Crippen LogP contribution in [0.2, 0.25) is 0 Å². The molecule has 1 rings (SSSR count). The van der Waals surface area contributed by atoms with E-state index in [0.29, 0.717) is 0 Å². The van der Waals surface area contributed by atoms with Crippen molar-refractivity contribution in [1.29, 1.82) is 0 Å². The number of hydrogen-bond donors (Lipinski definition) is 1. The van der Waals surface area contributed by atoms with E-state index in [-0.39, 0.29) is 58.6 Å². The molecule has 0 aromatic carbocycles. The zero-order valence-electron chi connectivity index (χ0n) is 9.91. The van der Waals surface area contributed by atoms with Gasteiger partial charge in [-0.1, -0.05) is 11.1 Å². The maximum atomic E-state index is 9.33. The number of halogens is 2. The Morgan fingerprint density at radius 3 is 1.33 bits per heavy atom. The van der Waals surface area contributed by atoms with Gasteiger partial charge >= 0.3 is 21.7 Å². The summed E-state index contributed by atoms with van der Waals surface area (Å²) in [5.74, 6) is 0. The maximum Gasteiger partial charge on any atom is 2.00 e. The van der Waals surface area contributed by atoms with Gasteiger partial charge in [0.15, 0.2) is 0 Å². The molecule has 0 aliphatic heterocycles. The first-order valence-electron chi connectivity index (χ1n) is 4.42. The summed E-state index contributed by atoms with van der Waals surface area (Å²) >= 11 is 0. The van der Waals surface area contributed by atoms with Crippen LogP contribution >= 0.6 is 0 Å². The predicted octanol–water partition coefficient (Wildman–Crippen LogP) is -3.32. The summed E-state index contributed by atoms with van der Waals surface area (Å²) in [4.78, 5) is 0. The molecule has 0 saturated carbocycles. The van der Waals surface area contributed by atoms with Crippen LogP contribution in [0.4, 0.5) is 0 Å². The van der Waals surface area contributed by atoms with E-state index in [2.05, 4.69) is 34.6 Å². The van der Waals surface area contributed by atoms with Gasteiger partial charge in [-0.3, -0.25) is 0 Å². The summed E-state index contributed by atoms with van der Waals surface area (Å²) in [6, 6.07) is 0. The molecule has 0 spiro atoms. The summed E-state index contributed by atoms with van der Waals surface area (Å²) < 4.78 is 0. The van der Waals surface area contributed by atoms with Crippen molar-refractivity contribution < 1.29 is 51.6 Å². The molecule has 0 amide bonds. The van der Waals surface area contributed by atoms with E-state index in [1.54, 1.807) is 0 Å². The first-order valence-corrected chi connectivity index (χ1v) is 4.42. The van der Waals surface area contributed by atoms with Gasteiger partial charge in [-0.2, -0.15) is 0 Å². The van der Waals surface area contributed by atoms with E-state index in [1.807, 2.05) is 0 Å². The van der Waals surface area contributed by atoms with Gasteiger partial charge in [0.25, 0.3) is 0 Å². The summed E-state index contributed by atoms with van der Waals surface area (Å²) in [5, 5.41) is 9.33. The van der Waals surface area contributed by atoms with Gasteiger partial charge in [0.1, 0.15) is 0 Å². The summed E-state index contributed by atoms with van der Waals surface area (Å²) in [5.41, 5.74) is 5.25. The van der Waals surface area contributed by atoms with Crippen molar-refractivity contribution in [2.24, 2.45) is 5.41 Å². The van der Waals surface area contributed by atoms with E-state index < -0.39 is 0 Å². The molecule has 86 valence electrons. The standard InChI is InChI=1S/C11H18O.2ClH.Ti/c1-7-8(2)10(4)11(5,6-12)9(7)3;;;/h12H,6H2,1-5H3;2*1H;/q;;;+2/p-2. The fourth-order valence-corrected chi connectivity index (χ4v) is 1.91. The van der Waals surface area contributed by atoms with Gasteiger partial charge < -0.3 is 29.9 Å². The molecule has 0 saturated heterocycles. The molecule has 1 nitrogen and oxygen atoms in total. The molecule has 0 bridgehead atoms. The minimum atomic E-state index is -0.0891. The zero-order valence-corrected chi connectivity index (χ0v) is 13.0. The van der Waals surface area contributed by atoms with E-state index in [0.717, 1.165) is 0 Å². The van der Waals surface area contributed by atoms with Crippen molar-refractivity contribution in [2.45, 2.75) is 34.6 Å². The van der Waals surface area contributed by atoms with Crippen LogP contribution in [0.3, 0.4) is 0 Å². The van der Waals surface area contributed by atoms with Gasteiger partial charge in [0.2, 0.25) is 0 Å². The molecule has 0 heterocycles. The monoisotopic (exact) mass is 284 g/mol. The molecule has 1 N–H and O–H groups in total. The fraction of sp³-hybridized carbons (Fsp3) is 0.636. The number of aliphatic hydroxyl groups is 1. The molecule has 0 atom stereocenters. The third kappa shape index (κ3) is 3.11. The molecule has 0 aromatic heterocycles. The number of rotatable bonds is 1. The van der Waals surface area contributed by atoms with Crippen molar-refractivity contribution >= 4 is 0 Å². The number of aliphatic hydroxyl groups excluding tert-OH is 1. The van der Waals surface area contributed by atoms with E-state index in [4.69, 9.17) is 0 Å².